The Morgan fingerprint density at radius 2 is 1.80 bits per heavy atom. The molecule has 0 aliphatic carbocycles. The molecule has 2 aromatic rings. The minimum absolute atomic E-state index is 0.00654. The highest BCUT2D eigenvalue weighted by atomic mass is 16.7. The number of benzene rings is 2. The van der Waals surface area contributed by atoms with Crippen molar-refractivity contribution in [2.45, 2.75) is 44.8 Å². The second-order valence-corrected chi connectivity index (χ2v) is 9.73. The number of cyclic esters (lactones) is 1. The average molecular weight is 553 g/mol. The third-order valence-corrected chi connectivity index (χ3v) is 6.66. The van der Waals surface area contributed by atoms with Crippen molar-refractivity contribution in [3.8, 4) is 17.2 Å². The van der Waals surface area contributed by atoms with Gasteiger partial charge in [-0.2, -0.15) is 0 Å². The molecule has 40 heavy (non-hydrogen) atoms. The van der Waals surface area contributed by atoms with E-state index in [4.69, 9.17) is 14.2 Å². The molecular weight excluding hydrogens is 516 g/mol. The molecule has 0 spiro atoms. The molecule has 0 bridgehead atoms. The van der Waals surface area contributed by atoms with E-state index < -0.39 is 17.7 Å². The van der Waals surface area contributed by atoms with Gasteiger partial charge in [-0.25, -0.2) is 9.59 Å². The van der Waals surface area contributed by atoms with E-state index in [-0.39, 0.29) is 41.9 Å². The van der Waals surface area contributed by atoms with Crippen molar-refractivity contribution in [1.29, 1.82) is 0 Å². The maximum atomic E-state index is 12.5. The minimum atomic E-state index is -1.61. The second-order valence-electron chi connectivity index (χ2n) is 9.73. The Morgan fingerprint density at radius 3 is 2.50 bits per heavy atom. The summed E-state index contributed by atoms with van der Waals surface area (Å²) in [5.41, 5.74) is 2.20. The molecule has 214 valence electrons. The molecule has 1 unspecified atom stereocenters. The van der Waals surface area contributed by atoms with Crippen molar-refractivity contribution in [3.63, 3.8) is 0 Å². The monoisotopic (exact) mass is 552 g/mol. The average Bonchev–Trinajstić information content (AvgIpc) is 3.28. The summed E-state index contributed by atoms with van der Waals surface area (Å²) in [6.07, 6.45) is 9.59. The van der Waals surface area contributed by atoms with E-state index in [1.54, 1.807) is 18.2 Å². The zero-order chi connectivity index (χ0) is 29.1. The van der Waals surface area contributed by atoms with Crippen LogP contribution in [-0.4, -0.2) is 52.7 Å². The van der Waals surface area contributed by atoms with E-state index in [1.807, 2.05) is 13.0 Å². The molecule has 0 saturated heterocycles. The fraction of sp³-hybridized carbons (Fsp3) is 0.355. The van der Waals surface area contributed by atoms with Crippen LogP contribution in [-0.2, 0) is 29.6 Å². The third kappa shape index (κ3) is 8.46. The van der Waals surface area contributed by atoms with Crippen LogP contribution in [0.5, 0.6) is 17.2 Å². The largest absolute Gasteiger partial charge is 0.508 e. The Balaban J connectivity index is 1.44. The molecule has 1 aliphatic heterocycles. The number of methoxy groups -OCH3 is 1. The molecule has 1 heterocycles. The van der Waals surface area contributed by atoms with Gasteiger partial charge < -0.3 is 34.6 Å². The maximum absolute atomic E-state index is 12.5. The van der Waals surface area contributed by atoms with Crippen molar-refractivity contribution < 1.29 is 44.2 Å². The van der Waals surface area contributed by atoms with Crippen molar-refractivity contribution in [1.82, 2.24) is 0 Å². The van der Waals surface area contributed by atoms with Crippen LogP contribution in [0, 0.1) is 5.92 Å². The quantitative estimate of drug-likeness (QED) is 0.112. The number of ether oxygens (including phenoxy) is 3. The minimum Gasteiger partial charge on any atom is -0.508 e. The summed E-state index contributed by atoms with van der Waals surface area (Å²) in [7, 11) is 1.35. The number of phenols is 3. The number of carbonyl (C=O) groups is 2. The van der Waals surface area contributed by atoms with E-state index in [9.17, 15) is 30.0 Å². The Labute approximate surface area is 233 Å². The number of esters is 2. The number of aliphatic hydroxyl groups excluding tert-OH is 1. The van der Waals surface area contributed by atoms with E-state index >= 15 is 0 Å². The molecule has 0 fully saturated rings. The number of rotatable bonds is 14. The topological polar surface area (TPSA) is 143 Å². The second kappa shape index (κ2) is 14.3. The van der Waals surface area contributed by atoms with Crippen LogP contribution in [0.3, 0.4) is 0 Å². The molecule has 0 amide bonds. The van der Waals surface area contributed by atoms with Gasteiger partial charge in [0.1, 0.15) is 23.9 Å². The van der Waals surface area contributed by atoms with E-state index in [0.29, 0.717) is 31.3 Å². The first-order chi connectivity index (χ1) is 19.2. The summed E-state index contributed by atoms with van der Waals surface area (Å²) < 4.78 is 16.2. The molecule has 0 saturated carbocycles. The smallest absolute Gasteiger partial charge is 0.336 e. The van der Waals surface area contributed by atoms with Crippen molar-refractivity contribution in [2.75, 3.05) is 20.3 Å². The summed E-state index contributed by atoms with van der Waals surface area (Å²) in [6, 6.07) is 10.4. The first kappa shape index (κ1) is 30.5. The summed E-state index contributed by atoms with van der Waals surface area (Å²) in [5.74, 6) is -2.73. The molecular formula is C31H36O9. The van der Waals surface area contributed by atoms with Gasteiger partial charge in [-0.15, -0.1) is 0 Å². The highest BCUT2D eigenvalue weighted by molar-refractivity contribution is 5.91. The lowest BCUT2D eigenvalue weighted by Crippen LogP contribution is -2.27. The molecule has 4 N–H and O–H groups in total. The molecule has 9 nitrogen and oxygen atoms in total. The van der Waals surface area contributed by atoms with Gasteiger partial charge in [0.05, 0.1) is 5.56 Å². The van der Waals surface area contributed by atoms with Crippen LogP contribution in [0.15, 0.2) is 71.8 Å². The highest BCUT2D eigenvalue weighted by Crippen LogP contribution is 2.42. The number of aromatic hydroxyl groups is 3. The molecule has 1 aliphatic rings. The van der Waals surface area contributed by atoms with Gasteiger partial charge >= 0.3 is 11.9 Å². The molecule has 0 aromatic heterocycles. The number of hydrogen-bond acceptors (Lipinski definition) is 9. The van der Waals surface area contributed by atoms with Gasteiger partial charge in [0.15, 0.2) is 0 Å². The van der Waals surface area contributed by atoms with Gasteiger partial charge in [0, 0.05) is 31.4 Å². The van der Waals surface area contributed by atoms with E-state index in [0.717, 1.165) is 17.6 Å². The predicted molar refractivity (Wildman–Crippen MR) is 148 cm³/mol. The number of allylic oxidation sites excluding steroid dienone is 1. The van der Waals surface area contributed by atoms with Crippen LogP contribution in [0.2, 0.25) is 0 Å². The van der Waals surface area contributed by atoms with Crippen LogP contribution in [0.25, 0.3) is 6.08 Å². The van der Waals surface area contributed by atoms with E-state index in [1.165, 1.54) is 49.6 Å². The fourth-order valence-electron chi connectivity index (χ4n) is 4.36. The van der Waals surface area contributed by atoms with Gasteiger partial charge in [-0.3, -0.25) is 0 Å². The summed E-state index contributed by atoms with van der Waals surface area (Å²) >= 11 is 0. The number of hydrogen-bond donors (Lipinski definition) is 4. The van der Waals surface area contributed by atoms with Crippen LogP contribution in [0.1, 0.15) is 50.2 Å². The summed E-state index contributed by atoms with van der Waals surface area (Å²) in [5, 5.41) is 39.2. The maximum Gasteiger partial charge on any atom is 0.336 e. The fourth-order valence-corrected chi connectivity index (χ4v) is 4.36. The standard InChI is InChI=1S/C31H36O9/c1-21(20-39-29(36)16-11-22-9-12-25(33)13-10-22)5-3-6-23(19-32)7-4-8-24-18-31(38-2,40-30(24)37)27-17-26(34)14-15-28(27)35/h5,9-18,23,32-35H,3-4,6-8,19-20H2,1-2H3/b16-11+,21-5+/t23?,31-/m0/s1. The summed E-state index contributed by atoms with van der Waals surface area (Å²) in [6.45, 7) is 2.04. The Bertz CT molecular complexity index is 1260. The van der Waals surface area contributed by atoms with E-state index in [2.05, 4.69) is 0 Å². The van der Waals surface area contributed by atoms with Gasteiger partial charge in [-0.05, 0) is 92.5 Å². The third-order valence-electron chi connectivity index (χ3n) is 6.66. The van der Waals surface area contributed by atoms with Crippen molar-refractivity contribution >= 4 is 18.0 Å². The number of phenolic OH excluding ortho intramolecular Hbond substituents is 3. The van der Waals surface area contributed by atoms with Crippen molar-refractivity contribution in [3.05, 3.63) is 83.0 Å². The normalized spacial score (nSPS) is 18.0. The van der Waals surface area contributed by atoms with Crippen molar-refractivity contribution in [2.24, 2.45) is 5.92 Å². The van der Waals surface area contributed by atoms with Crippen LogP contribution >= 0.6 is 0 Å². The molecule has 3 rings (SSSR count). The Hall–Kier alpha value is -4.08. The number of aliphatic hydroxyl groups is 1. The SMILES string of the molecule is CO[C@@]1(c2cc(O)ccc2O)C=C(CCCC(CO)CC/C=C(\C)COC(=O)/C=C/c2ccc(O)cc2)C(=O)O1. The Morgan fingerprint density at radius 1 is 1.07 bits per heavy atom. The first-order valence-corrected chi connectivity index (χ1v) is 13.1. The zero-order valence-corrected chi connectivity index (χ0v) is 22.7. The lowest BCUT2D eigenvalue weighted by atomic mass is 9.95. The number of carbonyl (C=O) groups excluding carboxylic acids is 2. The molecule has 9 heteroatoms. The van der Waals surface area contributed by atoms with Crippen LogP contribution < -0.4 is 0 Å². The van der Waals surface area contributed by atoms with Gasteiger partial charge in [0.25, 0.3) is 5.79 Å². The molecule has 2 aromatic carbocycles. The predicted octanol–water partition coefficient (Wildman–Crippen LogP) is 4.85. The van der Waals surface area contributed by atoms with Gasteiger partial charge in [-0.1, -0.05) is 18.2 Å². The highest BCUT2D eigenvalue weighted by Gasteiger charge is 2.44. The Kier molecular flexibility index (Phi) is 10.9. The molecule has 0 radical (unpaired) electrons. The van der Waals surface area contributed by atoms with Gasteiger partial charge in [0.2, 0.25) is 0 Å². The lowest BCUT2D eigenvalue weighted by molar-refractivity contribution is -0.193. The van der Waals surface area contributed by atoms with Crippen LogP contribution in [0.4, 0.5) is 0 Å². The lowest BCUT2D eigenvalue weighted by Gasteiger charge is -2.25. The first-order valence-electron chi connectivity index (χ1n) is 13.1. The molecule has 2 atom stereocenters. The zero-order valence-electron chi connectivity index (χ0n) is 22.7. The summed E-state index contributed by atoms with van der Waals surface area (Å²) in [4.78, 5) is 24.5.